The Hall–Kier alpha value is -1.48. The third-order valence-corrected chi connectivity index (χ3v) is 4.52. The van der Waals surface area contributed by atoms with E-state index >= 15 is 0 Å². The molecule has 1 heterocycles. The molecule has 0 aliphatic carbocycles. The number of alkyl halides is 3. The topological polar surface area (TPSA) is 71.1 Å². The van der Waals surface area contributed by atoms with Crippen LogP contribution in [0.15, 0.2) is 17.3 Å². The smallest absolute Gasteiger partial charge is 0.355 e. The third kappa shape index (κ3) is 7.82. The van der Waals surface area contributed by atoms with Crippen molar-refractivity contribution >= 4 is 35.2 Å². The van der Waals surface area contributed by atoms with Gasteiger partial charge in [-0.25, -0.2) is 4.98 Å². The van der Waals surface area contributed by atoms with Crippen LogP contribution >= 0.6 is 23.4 Å². The molecule has 0 aromatic carbocycles. The summed E-state index contributed by atoms with van der Waals surface area (Å²) in [7, 11) is 0. The average molecular weight is 412 g/mol. The molecule has 0 aliphatic heterocycles. The highest BCUT2D eigenvalue weighted by Crippen LogP contribution is 2.33. The second kappa shape index (κ2) is 9.45. The molecule has 1 aromatic rings. The van der Waals surface area contributed by atoms with Crippen LogP contribution in [0.4, 0.5) is 13.2 Å². The highest BCUT2D eigenvalue weighted by molar-refractivity contribution is 7.99. The van der Waals surface area contributed by atoms with Crippen LogP contribution in [0.3, 0.4) is 0 Å². The first-order valence-electron chi connectivity index (χ1n) is 7.82. The first-order chi connectivity index (χ1) is 11.9. The van der Waals surface area contributed by atoms with Gasteiger partial charge in [0, 0.05) is 36.9 Å². The normalized spacial score (nSPS) is 12.0. The SMILES string of the molecule is CC(C)(C)C(=O)NCCC(=O)NCCSc1ncc(C(F)(F)F)cc1Cl. The summed E-state index contributed by atoms with van der Waals surface area (Å²) in [4.78, 5) is 27.0. The van der Waals surface area contributed by atoms with E-state index in [0.29, 0.717) is 12.3 Å². The fourth-order valence-electron chi connectivity index (χ4n) is 1.67. The number of pyridine rings is 1. The van der Waals surface area contributed by atoms with E-state index in [9.17, 15) is 22.8 Å². The molecule has 0 unspecified atom stereocenters. The highest BCUT2D eigenvalue weighted by Gasteiger charge is 2.31. The van der Waals surface area contributed by atoms with E-state index in [0.717, 1.165) is 24.0 Å². The van der Waals surface area contributed by atoms with E-state index in [1.807, 2.05) is 0 Å². The van der Waals surface area contributed by atoms with E-state index in [4.69, 9.17) is 11.6 Å². The Balaban J connectivity index is 2.30. The van der Waals surface area contributed by atoms with Crippen LogP contribution in [-0.4, -0.2) is 35.6 Å². The summed E-state index contributed by atoms with van der Waals surface area (Å²) in [6.45, 7) is 5.87. The molecule has 5 nitrogen and oxygen atoms in total. The van der Waals surface area contributed by atoms with Crippen molar-refractivity contribution in [1.82, 2.24) is 15.6 Å². The van der Waals surface area contributed by atoms with Crippen molar-refractivity contribution in [3.8, 4) is 0 Å². The third-order valence-electron chi connectivity index (χ3n) is 3.12. The van der Waals surface area contributed by atoms with E-state index in [1.165, 1.54) is 0 Å². The lowest BCUT2D eigenvalue weighted by molar-refractivity contribution is -0.138. The maximum atomic E-state index is 12.5. The van der Waals surface area contributed by atoms with Gasteiger partial charge >= 0.3 is 6.18 Å². The van der Waals surface area contributed by atoms with Crippen molar-refractivity contribution in [2.75, 3.05) is 18.8 Å². The molecule has 146 valence electrons. The minimum Gasteiger partial charge on any atom is -0.355 e. The fourth-order valence-corrected chi connectivity index (χ4v) is 2.72. The molecule has 26 heavy (non-hydrogen) atoms. The summed E-state index contributed by atoms with van der Waals surface area (Å²) >= 11 is 6.95. The molecule has 10 heteroatoms. The average Bonchev–Trinajstić information content (AvgIpc) is 2.50. The van der Waals surface area contributed by atoms with E-state index in [2.05, 4.69) is 15.6 Å². The van der Waals surface area contributed by atoms with Crippen molar-refractivity contribution in [3.63, 3.8) is 0 Å². The van der Waals surface area contributed by atoms with E-state index in [-0.39, 0.29) is 34.8 Å². The lowest BCUT2D eigenvalue weighted by atomic mass is 9.96. The van der Waals surface area contributed by atoms with Gasteiger partial charge in [-0.1, -0.05) is 32.4 Å². The second-order valence-electron chi connectivity index (χ2n) is 6.46. The molecule has 0 radical (unpaired) electrons. The molecular weight excluding hydrogens is 391 g/mol. The molecule has 2 amide bonds. The molecule has 0 atom stereocenters. The summed E-state index contributed by atoms with van der Waals surface area (Å²) in [6.07, 6.45) is -3.62. The summed E-state index contributed by atoms with van der Waals surface area (Å²) in [5, 5.41) is 5.52. The molecule has 0 bridgehead atoms. The number of thioether (sulfide) groups is 1. The molecule has 2 N–H and O–H groups in total. The van der Waals surface area contributed by atoms with Gasteiger partial charge < -0.3 is 10.6 Å². The summed E-state index contributed by atoms with van der Waals surface area (Å²) in [6, 6.07) is 0.827. The maximum Gasteiger partial charge on any atom is 0.417 e. The number of nitrogens with one attached hydrogen (secondary N) is 2. The molecule has 0 saturated heterocycles. The first kappa shape index (κ1) is 22.6. The van der Waals surface area contributed by atoms with Crippen molar-refractivity contribution in [1.29, 1.82) is 0 Å². The minimum atomic E-state index is -4.49. The molecule has 1 rings (SSSR count). The number of rotatable bonds is 7. The number of halogens is 4. The van der Waals surface area contributed by atoms with Gasteiger partial charge in [0.15, 0.2) is 0 Å². The quantitative estimate of drug-likeness (QED) is 0.532. The molecule has 1 aromatic heterocycles. The monoisotopic (exact) mass is 411 g/mol. The summed E-state index contributed by atoms with van der Waals surface area (Å²) < 4.78 is 37.6. The summed E-state index contributed by atoms with van der Waals surface area (Å²) in [5.74, 6) is 0.0354. The van der Waals surface area contributed by atoms with Crippen molar-refractivity contribution in [2.24, 2.45) is 5.41 Å². The van der Waals surface area contributed by atoms with Crippen LogP contribution in [0.2, 0.25) is 5.02 Å². The number of amides is 2. The Morgan fingerprint density at radius 1 is 1.19 bits per heavy atom. The van der Waals surface area contributed by atoms with Gasteiger partial charge in [-0.3, -0.25) is 9.59 Å². The van der Waals surface area contributed by atoms with Crippen molar-refractivity contribution in [2.45, 2.75) is 38.4 Å². The van der Waals surface area contributed by atoms with Crippen LogP contribution in [0, 0.1) is 5.41 Å². The first-order valence-corrected chi connectivity index (χ1v) is 9.18. The standard InChI is InChI=1S/C16H21ClF3N3O2S/c1-15(2,3)14(25)22-5-4-12(24)21-6-7-26-13-11(17)8-10(9-23-13)16(18,19)20/h8-9H,4-7H2,1-3H3,(H,21,24)(H,22,25). The van der Waals surface area contributed by atoms with Gasteiger partial charge in [0.25, 0.3) is 0 Å². The predicted molar refractivity (Wildman–Crippen MR) is 95.1 cm³/mol. The Morgan fingerprint density at radius 3 is 2.38 bits per heavy atom. The van der Waals surface area contributed by atoms with Gasteiger partial charge in [-0.05, 0) is 6.07 Å². The van der Waals surface area contributed by atoms with Gasteiger partial charge in [-0.15, -0.1) is 11.8 Å². The number of carbonyl (C=O) groups excluding carboxylic acids is 2. The van der Waals surface area contributed by atoms with Gasteiger partial charge in [0.05, 0.1) is 10.6 Å². The Kier molecular flexibility index (Phi) is 8.20. The van der Waals surface area contributed by atoms with Crippen LogP contribution in [-0.2, 0) is 15.8 Å². The second-order valence-corrected chi connectivity index (χ2v) is 7.95. The Morgan fingerprint density at radius 2 is 1.85 bits per heavy atom. The highest BCUT2D eigenvalue weighted by atomic mass is 35.5. The zero-order valence-electron chi connectivity index (χ0n) is 14.7. The van der Waals surface area contributed by atoms with Crippen LogP contribution in [0.5, 0.6) is 0 Å². The van der Waals surface area contributed by atoms with Crippen LogP contribution < -0.4 is 10.6 Å². The van der Waals surface area contributed by atoms with Gasteiger partial charge in [-0.2, -0.15) is 13.2 Å². The fraction of sp³-hybridized carbons (Fsp3) is 0.562. The predicted octanol–water partition coefficient (Wildman–Crippen LogP) is 3.51. The zero-order chi connectivity index (χ0) is 20.0. The van der Waals surface area contributed by atoms with Gasteiger partial charge in [0.1, 0.15) is 5.03 Å². The lowest BCUT2D eigenvalue weighted by Gasteiger charge is -2.17. The van der Waals surface area contributed by atoms with E-state index in [1.54, 1.807) is 20.8 Å². The minimum absolute atomic E-state index is 0.0824. The molecule has 0 fully saturated rings. The van der Waals surface area contributed by atoms with E-state index < -0.39 is 17.2 Å². The maximum absolute atomic E-state index is 12.5. The number of nitrogens with zero attached hydrogens (tertiary/aromatic N) is 1. The van der Waals surface area contributed by atoms with Crippen molar-refractivity contribution < 1.29 is 22.8 Å². The van der Waals surface area contributed by atoms with Crippen LogP contribution in [0.25, 0.3) is 0 Å². The Labute approximate surface area is 159 Å². The number of hydrogen-bond acceptors (Lipinski definition) is 4. The lowest BCUT2D eigenvalue weighted by Crippen LogP contribution is -2.37. The Bertz CT molecular complexity index is 649. The number of carbonyl (C=O) groups is 2. The molecule has 0 spiro atoms. The largest absolute Gasteiger partial charge is 0.417 e. The van der Waals surface area contributed by atoms with Crippen LogP contribution in [0.1, 0.15) is 32.8 Å². The molecule has 0 saturated carbocycles. The van der Waals surface area contributed by atoms with Gasteiger partial charge in [0.2, 0.25) is 11.8 Å². The zero-order valence-corrected chi connectivity index (χ0v) is 16.2. The molecule has 0 aliphatic rings. The number of hydrogen-bond donors (Lipinski definition) is 2. The number of aromatic nitrogens is 1. The molecular formula is C16H21ClF3N3O2S. The van der Waals surface area contributed by atoms with Crippen molar-refractivity contribution in [3.05, 3.63) is 22.8 Å². The summed E-state index contributed by atoms with van der Waals surface area (Å²) in [5.41, 5.74) is -1.42.